The second-order valence-corrected chi connectivity index (χ2v) is 5.30. The van der Waals surface area contributed by atoms with E-state index in [0.29, 0.717) is 24.8 Å². The van der Waals surface area contributed by atoms with Crippen LogP contribution in [-0.2, 0) is 6.54 Å². The van der Waals surface area contributed by atoms with Gasteiger partial charge in [-0.3, -0.25) is 10.3 Å². The first-order valence-corrected chi connectivity index (χ1v) is 6.38. The van der Waals surface area contributed by atoms with Gasteiger partial charge in [0.15, 0.2) is 0 Å². The highest BCUT2D eigenvalue weighted by atomic mass is 32.1. The van der Waals surface area contributed by atoms with Gasteiger partial charge < -0.3 is 0 Å². The van der Waals surface area contributed by atoms with Crippen molar-refractivity contribution in [2.45, 2.75) is 25.6 Å². The number of hydrogen-bond donors (Lipinski definition) is 2. The Morgan fingerprint density at radius 3 is 2.50 bits per heavy atom. The van der Waals surface area contributed by atoms with E-state index in [-0.39, 0.29) is 12.8 Å². The van der Waals surface area contributed by atoms with Gasteiger partial charge in [-0.05, 0) is 25.9 Å². The molecule has 2 rings (SSSR count). The molecule has 1 aliphatic rings. The third-order valence-electron chi connectivity index (χ3n) is 3.00. The number of rotatable bonds is 3. The molecule has 3 N–H and O–H groups in total. The molecule has 0 saturated carbocycles. The summed E-state index contributed by atoms with van der Waals surface area (Å²) in [6.07, 6.45) is -3.75. The van der Waals surface area contributed by atoms with Crippen LogP contribution in [0.1, 0.15) is 17.8 Å². The zero-order chi connectivity index (χ0) is 13.2. The molecule has 0 radical (unpaired) electrons. The smallest absolute Gasteiger partial charge is 0.298 e. The highest BCUT2D eigenvalue weighted by Gasteiger charge is 2.41. The number of nitrogens with one attached hydrogen (secondary N) is 1. The van der Waals surface area contributed by atoms with Gasteiger partial charge in [0.05, 0.1) is 12.5 Å². The van der Waals surface area contributed by atoms with Crippen molar-refractivity contribution in [3.05, 3.63) is 5.01 Å². The number of nitrogen functional groups attached to an aromatic ring is 1. The maximum absolute atomic E-state index is 12.5. The molecule has 0 amide bonds. The number of nitrogens with two attached hydrogens (primary N) is 1. The number of halogens is 3. The van der Waals surface area contributed by atoms with E-state index < -0.39 is 12.1 Å². The molecule has 0 spiro atoms. The van der Waals surface area contributed by atoms with E-state index >= 15 is 0 Å². The van der Waals surface area contributed by atoms with Gasteiger partial charge in [0.25, 0.3) is 0 Å². The zero-order valence-electron chi connectivity index (χ0n) is 9.57. The van der Waals surface area contributed by atoms with Crippen LogP contribution in [-0.4, -0.2) is 34.4 Å². The molecule has 1 saturated heterocycles. The Bertz CT molecular complexity index is 386. The molecular weight excluding hydrogens is 267 g/mol. The van der Waals surface area contributed by atoms with E-state index in [1.165, 1.54) is 11.3 Å². The Kier molecular flexibility index (Phi) is 4.03. The fourth-order valence-electron chi connectivity index (χ4n) is 1.99. The maximum atomic E-state index is 12.5. The molecule has 18 heavy (non-hydrogen) atoms. The topological polar surface area (TPSA) is 67.1 Å². The molecule has 1 aliphatic heterocycles. The molecule has 0 aliphatic carbocycles. The minimum Gasteiger partial charge on any atom is -0.298 e. The summed E-state index contributed by atoms with van der Waals surface area (Å²) in [6, 6.07) is 0. The van der Waals surface area contributed by atoms with Gasteiger partial charge >= 0.3 is 6.18 Å². The normalized spacial score (nSPS) is 19.1. The first-order valence-electron chi connectivity index (χ1n) is 5.57. The van der Waals surface area contributed by atoms with Crippen molar-refractivity contribution in [3.8, 4) is 0 Å². The minimum absolute atomic E-state index is 0.157. The van der Waals surface area contributed by atoms with E-state index in [0.717, 1.165) is 5.01 Å². The first-order chi connectivity index (χ1) is 8.49. The lowest BCUT2D eigenvalue weighted by Gasteiger charge is -2.32. The number of nitrogens with zero attached hydrogens (tertiary/aromatic N) is 3. The average molecular weight is 281 g/mol. The van der Waals surface area contributed by atoms with Crippen molar-refractivity contribution in [1.29, 1.82) is 0 Å². The second kappa shape index (κ2) is 5.37. The maximum Gasteiger partial charge on any atom is 0.391 e. The fraction of sp³-hybridized carbons (Fsp3) is 0.778. The predicted molar refractivity (Wildman–Crippen MR) is 61.8 cm³/mol. The first kappa shape index (κ1) is 13.5. The fourth-order valence-corrected chi connectivity index (χ4v) is 2.68. The molecule has 5 nitrogen and oxygen atoms in total. The van der Waals surface area contributed by atoms with E-state index in [4.69, 9.17) is 5.84 Å². The Hall–Kier alpha value is -0.930. The molecule has 1 aromatic rings. The molecule has 0 aromatic carbocycles. The summed E-state index contributed by atoms with van der Waals surface area (Å²) < 4.78 is 37.5. The van der Waals surface area contributed by atoms with E-state index in [2.05, 4.69) is 15.6 Å². The zero-order valence-corrected chi connectivity index (χ0v) is 10.4. The SMILES string of the molecule is NNc1nnc(CN2CCC(C(F)(F)F)CC2)s1. The Morgan fingerprint density at radius 1 is 1.33 bits per heavy atom. The minimum atomic E-state index is -4.06. The summed E-state index contributed by atoms with van der Waals surface area (Å²) in [5.74, 6) is 4.02. The van der Waals surface area contributed by atoms with Gasteiger partial charge in [-0.15, -0.1) is 10.2 Å². The summed E-state index contributed by atoms with van der Waals surface area (Å²) in [7, 11) is 0. The van der Waals surface area contributed by atoms with Crippen LogP contribution >= 0.6 is 11.3 Å². The number of piperidine rings is 1. The molecule has 0 atom stereocenters. The van der Waals surface area contributed by atoms with Crippen molar-refractivity contribution < 1.29 is 13.2 Å². The standard InChI is InChI=1S/C9H14F3N5S/c10-9(11,12)6-1-3-17(4-2-6)5-7-15-16-8(14-13)18-7/h6H,1-5,13H2,(H,14,16). The molecule has 102 valence electrons. The van der Waals surface area contributed by atoms with Crippen molar-refractivity contribution in [1.82, 2.24) is 15.1 Å². The number of alkyl halides is 3. The van der Waals surface area contributed by atoms with Gasteiger partial charge in [-0.2, -0.15) is 13.2 Å². The van der Waals surface area contributed by atoms with Gasteiger partial charge in [-0.1, -0.05) is 11.3 Å². The third kappa shape index (κ3) is 3.30. The van der Waals surface area contributed by atoms with E-state index in [1.807, 2.05) is 4.90 Å². The average Bonchev–Trinajstić information content (AvgIpc) is 2.76. The number of anilines is 1. The quantitative estimate of drug-likeness (QED) is 0.650. The van der Waals surface area contributed by atoms with Crippen molar-refractivity contribution in [3.63, 3.8) is 0 Å². The number of hydrazine groups is 1. The van der Waals surface area contributed by atoms with Crippen LogP contribution in [0.3, 0.4) is 0 Å². The van der Waals surface area contributed by atoms with E-state index in [1.54, 1.807) is 0 Å². The lowest BCUT2D eigenvalue weighted by atomic mass is 9.96. The van der Waals surface area contributed by atoms with Crippen LogP contribution in [0.4, 0.5) is 18.3 Å². The van der Waals surface area contributed by atoms with Crippen LogP contribution in [0.15, 0.2) is 0 Å². The highest BCUT2D eigenvalue weighted by molar-refractivity contribution is 7.15. The lowest BCUT2D eigenvalue weighted by Crippen LogP contribution is -2.38. The Labute approximate surface area is 106 Å². The van der Waals surface area contributed by atoms with Gasteiger partial charge in [-0.25, -0.2) is 5.84 Å². The van der Waals surface area contributed by atoms with Crippen LogP contribution in [0.25, 0.3) is 0 Å². The predicted octanol–water partition coefficient (Wildman–Crippen LogP) is 1.60. The highest BCUT2D eigenvalue weighted by Crippen LogP contribution is 2.34. The summed E-state index contributed by atoms with van der Waals surface area (Å²) in [4.78, 5) is 1.96. The van der Waals surface area contributed by atoms with Gasteiger partial charge in [0.2, 0.25) is 5.13 Å². The molecule has 2 heterocycles. The summed E-state index contributed by atoms with van der Waals surface area (Å²) in [5.41, 5.74) is 2.39. The van der Waals surface area contributed by atoms with Crippen LogP contribution < -0.4 is 11.3 Å². The molecule has 0 unspecified atom stereocenters. The van der Waals surface area contributed by atoms with Gasteiger partial charge in [0.1, 0.15) is 5.01 Å². The molecule has 0 bridgehead atoms. The van der Waals surface area contributed by atoms with Crippen LogP contribution in [0.5, 0.6) is 0 Å². The summed E-state index contributed by atoms with van der Waals surface area (Å²) in [5, 5.41) is 8.96. The largest absolute Gasteiger partial charge is 0.391 e. The lowest BCUT2D eigenvalue weighted by molar-refractivity contribution is -0.185. The molecular formula is C9H14F3N5S. The van der Waals surface area contributed by atoms with Gasteiger partial charge in [0, 0.05) is 0 Å². The number of aromatic nitrogens is 2. The van der Waals surface area contributed by atoms with E-state index in [9.17, 15) is 13.2 Å². The summed E-state index contributed by atoms with van der Waals surface area (Å²) in [6.45, 7) is 1.41. The number of likely N-dealkylation sites (tertiary alicyclic amines) is 1. The Balaban J connectivity index is 1.83. The monoisotopic (exact) mass is 281 g/mol. The number of hydrogen-bond acceptors (Lipinski definition) is 6. The third-order valence-corrected chi connectivity index (χ3v) is 3.84. The van der Waals surface area contributed by atoms with Crippen LogP contribution in [0.2, 0.25) is 0 Å². The molecule has 1 aromatic heterocycles. The van der Waals surface area contributed by atoms with Crippen molar-refractivity contribution >= 4 is 16.5 Å². The van der Waals surface area contributed by atoms with Crippen molar-refractivity contribution in [2.24, 2.45) is 11.8 Å². The molecule has 1 fully saturated rings. The van der Waals surface area contributed by atoms with Crippen LogP contribution in [0, 0.1) is 5.92 Å². The Morgan fingerprint density at radius 2 is 2.00 bits per heavy atom. The summed E-state index contributed by atoms with van der Waals surface area (Å²) >= 11 is 1.31. The second-order valence-electron chi connectivity index (χ2n) is 4.24. The molecule has 9 heteroatoms. The van der Waals surface area contributed by atoms with Crippen molar-refractivity contribution in [2.75, 3.05) is 18.5 Å².